The number of aliphatic hydroxyl groups excluding tert-OH is 1. The number of nitrogens with two attached hydrogens (primary N) is 1. The Morgan fingerprint density at radius 3 is 2.27 bits per heavy atom. The van der Waals surface area contributed by atoms with Crippen LogP contribution in [-0.2, 0) is 9.53 Å². The molecule has 0 radical (unpaired) electrons. The second kappa shape index (κ2) is 8.47. The molecule has 0 aliphatic heterocycles. The number of carbonyl (C=O) groups excluding carboxylic acids is 1. The van der Waals surface area contributed by atoms with Crippen LogP contribution in [0.25, 0.3) is 0 Å². The molecule has 0 unspecified atom stereocenters. The number of carbonyl (C=O) groups is 1. The third-order valence-corrected chi connectivity index (χ3v) is 4.96. The predicted octanol–water partition coefficient (Wildman–Crippen LogP) is 3.81. The number of aliphatic hydroxyl groups is 1. The number of nitrogen functional groups attached to an aromatic ring is 1. The lowest BCUT2D eigenvalue weighted by molar-refractivity contribution is -0.165. The summed E-state index contributed by atoms with van der Waals surface area (Å²) in [6, 6.07) is 14.6. The van der Waals surface area contributed by atoms with Crippen molar-refractivity contribution < 1.29 is 19.4 Å². The van der Waals surface area contributed by atoms with Gasteiger partial charge in [-0.15, -0.1) is 11.8 Å². The zero-order valence-electron chi connectivity index (χ0n) is 15.4. The van der Waals surface area contributed by atoms with Crippen molar-refractivity contribution in [2.45, 2.75) is 42.6 Å². The van der Waals surface area contributed by atoms with Crippen molar-refractivity contribution >= 4 is 23.4 Å². The first-order valence-electron chi connectivity index (χ1n) is 8.27. The highest BCUT2D eigenvalue weighted by Crippen LogP contribution is 2.41. The summed E-state index contributed by atoms with van der Waals surface area (Å²) in [5, 5.41) is 10.1. The molecule has 26 heavy (non-hydrogen) atoms. The van der Waals surface area contributed by atoms with E-state index in [0.29, 0.717) is 11.4 Å². The molecule has 2 aromatic rings. The first-order valence-corrected chi connectivity index (χ1v) is 9.15. The Kier molecular flexibility index (Phi) is 6.56. The molecule has 0 heterocycles. The minimum atomic E-state index is -1.34. The zero-order valence-corrected chi connectivity index (χ0v) is 16.2. The molecular formula is C20H25NO4S. The van der Waals surface area contributed by atoms with Crippen molar-refractivity contribution in [2.24, 2.45) is 0 Å². The van der Waals surface area contributed by atoms with Gasteiger partial charge in [-0.25, -0.2) is 4.79 Å². The van der Waals surface area contributed by atoms with Gasteiger partial charge in [0.2, 0.25) is 0 Å². The molecular weight excluding hydrogens is 350 g/mol. The van der Waals surface area contributed by atoms with Crippen molar-refractivity contribution in [1.29, 1.82) is 0 Å². The Bertz CT molecular complexity index is 740. The van der Waals surface area contributed by atoms with Crippen molar-refractivity contribution in [3.8, 4) is 5.75 Å². The van der Waals surface area contributed by atoms with Crippen LogP contribution in [0.2, 0.25) is 0 Å². The van der Waals surface area contributed by atoms with Crippen molar-refractivity contribution in [2.75, 3.05) is 12.8 Å². The quantitative estimate of drug-likeness (QED) is 0.454. The number of para-hydroxylation sites is 1. The standard InChI is InChI=1S/C20H25NO4S/c1-20(2,3)25-19(23)17(22)18(13-9-11-14(24-4)12-10-13)26-16-8-6-5-7-15(16)21/h5-12,17-18,22H,21H2,1-4H3/t17-,18+/m1/s1. The normalized spacial score (nSPS) is 13.7. The molecule has 0 spiro atoms. The van der Waals surface area contributed by atoms with E-state index in [2.05, 4.69) is 0 Å². The van der Waals surface area contributed by atoms with Crippen LogP contribution < -0.4 is 10.5 Å². The van der Waals surface area contributed by atoms with Crippen molar-refractivity contribution in [3.63, 3.8) is 0 Å². The summed E-state index contributed by atoms with van der Waals surface area (Å²) in [5.41, 5.74) is 6.72. The molecule has 0 aliphatic rings. The number of ether oxygens (including phenoxy) is 2. The second-order valence-electron chi connectivity index (χ2n) is 6.83. The summed E-state index contributed by atoms with van der Waals surface area (Å²) in [6.45, 7) is 5.30. The van der Waals surface area contributed by atoms with E-state index in [-0.39, 0.29) is 0 Å². The number of anilines is 1. The van der Waals surface area contributed by atoms with E-state index >= 15 is 0 Å². The molecule has 2 aromatic carbocycles. The molecule has 140 valence electrons. The number of thioether (sulfide) groups is 1. The van der Waals surface area contributed by atoms with Gasteiger partial charge in [-0.1, -0.05) is 24.3 Å². The Morgan fingerprint density at radius 1 is 1.12 bits per heavy atom. The number of methoxy groups -OCH3 is 1. The first kappa shape index (κ1) is 20.1. The molecule has 5 nitrogen and oxygen atoms in total. The first-order chi connectivity index (χ1) is 12.2. The Balaban J connectivity index is 2.34. The number of hydrogen-bond donors (Lipinski definition) is 2. The van der Waals surface area contributed by atoms with Gasteiger partial charge in [0.05, 0.1) is 12.4 Å². The van der Waals surface area contributed by atoms with Gasteiger partial charge in [0.15, 0.2) is 6.10 Å². The lowest BCUT2D eigenvalue weighted by atomic mass is 10.1. The topological polar surface area (TPSA) is 81.8 Å². The molecule has 2 rings (SSSR count). The maximum absolute atomic E-state index is 12.4. The van der Waals surface area contributed by atoms with E-state index in [1.165, 1.54) is 11.8 Å². The van der Waals surface area contributed by atoms with Gasteiger partial charge in [0, 0.05) is 10.6 Å². The van der Waals surface area contributed by atoms with Crippen molar-refractivity contribution in [1.82, 2.24) is 0 Å². The zero-order chi connectivity index (χ0) is 19.3. The van der Waals surface area contributed by atoms with Crippen LogP contribution in [0.15, 0.2) is 53.4 Å². The molecule has 6 heteroatoms. The molecule has 3 N–H and O–H groups in total. The highest BCUT2D eigenvalue weighted by atomic mass is 32.2. The van der Waals surface area contributed by atoms with E-state index in [0.717, 1.165) is 10.5 Å². The average molecular weight is 375 g/mol. The fourth-order valence-corrected chi connectivity index (χ4v) is 3.49. The van der Waals surface area contributed by atoms with Gasteiger partial charge >= 0.3 is 5.97 Å². The predicted molar refractivity (Wildman–Crippen MR) is 104 cm³/mol. The lowest BCUT2D eigenvalue weighted by Gasteiger charge is -2.26. The fraction of sp³-hybridized carbons (Fsp3) is 0.350. The SMILES string of the molecule is COc1ccc([C@H](Sc2ccccc2N)[C@@H](O)C(=O)OC(C)(C)C)cc1. The summed E-state index contributed by atoms with van der Waals surface area (Å²) in [6.07, 6.45) is -1.34. The third kappa shape index (κ3) is 5.41. The van der Waals surface area contributed by atoms with E-state index in [9.17, 15) is 9.90 Å². The summed E-state index contributed by atoms with van der Waals surface area (Å²) in [5.74, 6) is 0.0313. The van der Waals surface area contributed by atoms with Gasteiger partial charge in [-0.3, -0.25) is 0 Å². The summed E-state index contributed by atoms with van der Waals surface area (Å²) in [7, 11) is 1.58. The summed E-state index contributed by atoms with van der Waals surface area (Å²) >= 11 is 1.33. The monoisotopic (exact) mass is 375 g/mol. The highest BCUT2D eigenvalue weighted by Gasteiger charge is 2.32. The minimum Gasteiger partial charge on any atom is -0.497 e. The third-order valence-electron chi connectivity index (χ3n) is 3.55. The summed E-state index contributed by atoms with van der Waals surface area (Å²) < 4.78 is 10.5. The molecule has 0 aliphatic carbocycles. The molecule has 0 fully saturated rings. The molecule has 2 atom stereocenters. The number of hydrogen-bond acceptors (Lipinski definition) is 6. The van der Waals surface area contributed by atoms with Crippen molar-refractivity contribution in [3.05, 3.63) is 54.1 Å². The number of benzene rings is 2. The number of esters is 1. The van der Waals surface area contributed by atoms with Gasteiger partial charge in [0.1, 0.15) is 11.4 Å². The van der Waals surface area contributed by atoms with Gasteiger partial charge in [-0.2, -0.15) is 0 Å². The van der Waals surface area contributed by atoms with Crippen LogP contribution in [0.4, 0.5) is 5.69 Å². The Morgan fingerprint density at radius 2 is 1.73 bits per heavy atom. The second-order valence-corrected chi connectivity index (χ2v) is 8.01. The van der Waals surface area contributed by atoms with Crippen LogP contribution in [0.5, 0.6) is 5.75 Å². The van der Waals surface area contributed by atoms with Crippen LogP contribution >= 0.6 is 11.8 Å². The lowest BCUT2D eigenvalue weighted by Crippen LogP contribution is -2.34. The Labute approximate surface area is 158 Å². The maximum atomic E-state index is 12.4. The molecule has 0 saturated carbocycles. The van der Waals surface area contributed by atoms with E-state index < -0.39 is 22.9 Å². The van der Waals surface area contributed by atoms with Crippen LogP contribution in [0, 0.1) is 0 Å². The van der Waals surface area contributed by atoms with Gasteiger partial charge in [-0.05, 0) is 50.6 Å². The smallest absolute Gasteiger partial charge is 0.337 e. The van der Waals surface area contributed by atoms with E-state index in [1.54, 1.807) is 46.1 Å². The number of rotatable bonds is 6. The highest BCUT2D eigenvalue weighted by molar-refractivity contribution is 7.99. The van der Waals surface area contributed by atoms with Crippen LogP contribution in [0.3, 0.4) is 0 Å². The largest absolute Gasteiger partial charge is 0.497 e. The van der Waals surface area contributed by atoms with Crippen LogP contribution in [-0.4, -0.2) is 29.9 Å². The van der Waals surface area contributed by atoms with E-state index in [1.807, 2.05) is 30.3 Å². The molecule has 0 saturated heterocycles. The maximum Gasteiger partial charge on any atom is 0.337 e. The summed E-state index contributed by atoms with van der Waals surface area (Å²) in [4.78, 5) is 13.2. The van der Waals surface area contributed by atoms with Crippen LogP contribution in [0.1, 0.15) is 31.6 Å². The molecule has 0 bridgehead atoms. The fourth-order valence-electron chi connectivity index (χ4n) is 2.32. The molecule has 0 amide bonds. The van der Waals surface area contributed by atoms with Gasteiger partial charge in [0.25, 0.3) is 0 Å². The minimum absolute atomic E-state index is 0.569. The molecule has 0 aromatic heterocycles. The Hall–Kier alpha value is -2.18. The average Bonchev–Trinajstić information content (AvgIpc) is 2.59. The van der Waals surface area contributed by atoms with E-state index in [4.69, 9.17) is 15.2 Å². The van der Waals surface area contributed by atoms with Gasteiger partial charge < -0.3 is 20.3 Å².